The van der Waals surface area contributed by atoms with Crippen molar-refractivity contribution in [3.05, 3.63) is 35.9 Å². The topological polar surface area (TPSA) is 84.9 Å². The summed E-state index contributed by atoms with van der Waals surface area (Å²) in [6, 6.07) is 8.66. The fraction of sp³-hybridized carbons (Fsp3) is 0.467. The molecule has 1 aliphatic heterocycles. The van der Waals surface area contributed by atoms with E-state index >= 15 is 0 Å². The van der Waals surface area contributed by atoms with Gasteiger partial charge in [0.1, 0.15) is 6.04 Å². The minimum Gasteiger partial charge on any atom is -0.479 e. The van der Waals surface area contributed by atoms with Crippen LogP contribution in [0.1, 0.15) is 24.4 Å². The van der Waals surface area contributed by atoms with Gasteiger partial charge in [-0.25, -0.2) is 9.59 Å². The maximum Gasteiger partial charge on any atom is 0.332 e. The molecule has 0 bridgehead atoms. The summed E-state index contributed by atoms with van der Waals surface area (Å²) in [6.07, 6.45) is 0.204. The van der Waals surface area contributed by atoms with Crippen molar-refractivity contribution < 1.29 is 24.2 Å². The number of hydrogen-bond donors (Lipinski definition) is 2. The molecule has 0 amide bonds. The molecule has 2 N–H and O–H groups in total. The first-order valence-corrected chi connectivity index (χ1v) is 6.86. The minimum absolute atomic E-state index is 0.207. The van der Waals surface area contributed by atoms with E-state index in [0.717, 1.165) is 5.56 Å². The van der Waals surface area contributed by atoms with Crippen LogP contribution in [0.2, 0.25) is 0 Å². The third-order valence-corrected chi connectivity index (χ3v) is 3.50. The predicted molar refractivity (Wildman–Crippen MR) is 74.7 cm³/mol. The van der Waals surface area contributed by atoms with Crippen LogP contribution in [0.4, 0.5) is 0 Å². The predicted octanol–water partition coefficient (Wildman–Crippen LogP) is 1.12. The molecule has 1 heterocycles. The Hall–Kier alpha value is -1.92. The number of esters is 1. The van der Waals surface area contributed by atoms with Crippen molar-refractivity contribution in [1.29, 1.82) is 0 Å². The molecule has 1 saturated heterocycles. The molecule has 114 valence electrons. The fourth-order valence-electron chi connectivity index (χ4n) is 2.39. The zero-order valence-corrected chi connectivity index (χ0v) is 11.8. The van der Waals surface area contributed by atoms with Crippen LogP contribution in [0.15, 0.2) is 30.3 Å². The van der Waals surface area contributed by atoms with Gasteiger partial charge in [0, 0.05) is 6.54 Å². The van der Waals surface area contributed by atoms with Crippen molar-refractivity contribution in [3.8, 4) is 0 Å². The Bertz CT molecular complexity index is 490. The van der Waals surface area contributed by atoms with Gasteiger partial charge in [-0.15, -0.1) is 0 Å². The van der Waals surface area contributed by atoms with E-state index in [-0.39, 0.29) is 12.1 Å². The molecule has 1 fully saturated rings. The van der Waals surface area contributed by atoms with E-state index in [0.29, 0.717) is 19.4 Å². The number of rotatable bonds is 6. The van der Waals surface area contributed by atoms with Crippen molar-refractivity contribution in [2.75, 3.05) is 13.7 Å². The number of carbonyl (C=O) groups is 2. The molecule has 0 spiro atoms. The summed E-state index contributed by atoms with van der Waals surface area (Å²) in [4.78, 5) is 22.7. The summed E-state index contributed by atoms with van der Waals surface area (Å²) in [7, 11) is 1.34. The van der Waals surface area contributed by atoms with E-state index in [1.54, 1.807) is 0 Å². The van der Waals surface area contributed by atoms with Gasteiger partial charge in [0.2, 0.25) is 0 Å². The fourth-order valence-corrected chi connectivity index (χ4v) is 2.39. The summed E-state index contributed by atoms with van der Waals surface area (Å²) in [5.74, 6) is -1.32. The van der Waals surface area contributed by atoms with Crippen molar-refractivity contribution in [2.24, 2.45) is 0 Å². The molecular weight excluding hydrogens is 274 g/mol. The third-order valence-electron chi connectivity index (χ3n) is 3.50. The van der Waals surface area contributed by atoms with E-state index in [2.05, 4.69) is 5.32 Å². The van der Waals surface area contributed by atoms with E-state index in [1.807, 2.05) is 30.3 Å². The molecule has 0 aromatic heterocycles. The highest BCUT2D eigenvalue weighted by Gasteiger charge is 2.31. The van der Waals surface area contributed by atoms with Crippen LogP contribution < -0.4 is 5.32 Å². The van der Waals surface area contributed by atoms with Crippen molar-refractivity contribution >= 4 is 11.9 Å². The van der Waals surface area contributed by atoms with Gasteiger partial charge in [-0.3, -0.25) is 5.32 Å². The SMILES string of the molecule is COC(=O)C(NCC1CCC(C(=O)O)O1)c1ccccc1. The lowest BCUT2D eigenvalue weighted by Crippen LogP contribution is -2.35. The van der Waals surface area contributed by atoms with Gasteiger partial charge in [-0.1, -0.05) is 30.3 Å². The number of benzene rings is 1. The van der Waals surface area contributed by atoms with Gasteiger partial charge in [0.15, 0.2) is 6.10 Å². The van der Waals surface area contributed by atoms with Crippen LogP contribution in [-0.2, 0) is 19.1 Å². The Morgan fingerprint density at radius 3 is 2.67 bits per heavy atom. The second-order valence-electron chi connectivity index (χ2n) is 4.94. The van der Waals surface area contributed by atoms with Gasteiger partial charge in [0.05, 0.1) is 13.2 Å². The normalized spacial score (nSPS) is 22.7. The van der Waals surface area contributed by atoms with Gasteiger partial charge >= 0.3 is 11.9 Å². The molecular formula is C15H19NO5. The number of aliphatic carboxylic acids is 1. The Balaban J connectivity index is 1.95. The van der Waals surface area contributed by atoms with E-state index in [9.17, 15) is 9.59 Å². The highest BCUT2D eigenvalue weighted by molar-refractivity contribution is 5.77. The number of hydrogen-bond acceptors (Lipinski definition) is 5. The van der Waals surface area contributed by atoms with Gasteiger partial charge in [0.25, 0.3) is 0 Å². The Morgan fingerprint density at radius 2 is 2.10 bits per heavy atom. The lowest BCUT2D eigenvalue weighted by molar-refractivity contribution is -0.150. The molecule has 1 aliphatic rings. The largest absolute Gasteiger partial charge is 0.479 e. The molecule has 2 rings (SSSR count). The molecule has 1 aromatic carbocycles. The Kier molecular flexibility index (Phi) is 5.30. The number of carboxylic acid groups (broad SMARTS) is 1. The van der Waals surface area contributed by atoms with E-state index < -0.39 is 18.1 Å². The lowest BCUT2D eigenvalue weighted by atomic mass is 10.1. The van der Waals surface area contributed by atoms with Crippen molar-refractivity contribution in [2.45, 2.75) is 31.1 Å². The van der Waals surface area contributed by atoms with Crippen LogP contribution >= 0.6 is 0 Å². The van der Waals surface area contributed by atoms with Crippen molar-refractivity contribution in [3.63, 3.8) is 0 Å². The molecule has 6 nitrogen and oxygen atoms in total. The maximum atomic E-state index is 11.9. The van der Waals surface area contributed by atoms with Gasteiger partial charge in [-0.05, 0) is 18.4 Å². The molecule has 1 aromatic rings. The van der Waals surface area contributed by atoms with Gasteiger partial charge in [-0.2, -0.15) is 0 Å². The molecule has 0 aliphatic carbocycles. The first-order valence-electron chi connectivity index (χ1n) is 6.86. The average Bonchev–Trinajstić information content (AvgIpc) is 2.97. The zero-order chi connectivity index (χ0) is 15.2. The third kappa shape index (κ3) is 4.03. The summed E-state index contributed by atoms with van der Waals surface area (Å²) >= 11 is 0. The Morgan fingerprint density at radius 1 is 1.38 bits per heavy atom. The summed E-state index contributed by atoms with van der Waals surface area (Å²) in [5, 5.41) is 12.0. The molecule has 3 atom stereocenters. The molecule has 0 radical (unpaired) electrons. The highest BCUT2D eigenvalue weighted by atomic mass is 16.5. The van der Waals surface area contributed by atoms with Crippen LogP contribution in [0.5, 0.6) is 0 Å². The maximum absolute atomic E-state index is 11.9. The summed E-state index contributed by atoms with van der Waals surface area (Å²) in [5.41, 5.74) is 0.803. The highest BCUT2D eigenvalue weighted by Crippen LogP contribution is 2.21. The zero-order valence-electron chi connectivity index (χ0n) is 11.8. The standard InChI is InChI=1S/C15H19NO5/c1-20-15(19)13(10-5-3-2-4-6-10)16-9-11-7-8-12(21-11)14(17)18/h2-6,11-13,16H,7-9H2,1H3,(H,17,18). The first-order chi connectivity index (χ1) is 10.1. The quantitative estimate of drug-likeness (QED) is 0.765. The Labute approximate surface area is 123 Å². The monoisotopic (exact) mass is 293 g/mol. The van der Waals surface area contributed by atoms with Crippen LogP contribution in [0.3, 0.4) is 0 Å². The summed E-state index contributed by atoms with van der Waals surface area (Å²) in [6.45, 7) is 0.401. The molecule has 6 heteroatoms. The first kappa shape index (κ1) is 15.5. The second-order valence-corrected chi connectivity index (χ2v) is 4.94. The number of methoxy groups -OCH3 is 1. The summed E-state index contributed by atoms with van der Waals surface area (Å²) < 4.78 is 10.2. The van der Waals surface area contributed by atoms with Crippen LogP contribution in [-0.4, -0.2) is 42.9 Å². The smallest absolute Gasteiger partial charge is 0.332 e. The van der Waals surface area contributed by atoms with Gasteiger partial charge < -0.3 is 14.6 Å². The number of carboxylic acids is 1. The molecule has 21 heavy (non-hydrogen) atoms. The van der Waals surface area contributed by atoms with E-state index in [1.165, 1.54) is 7.11 Å². The minimum atomic E-state index is -0.940. The average molecular weight is 293 g/mol. The van der Waals surface area contributed by atoms with Crippen molar-refractivity contribution in [1.82, 2.24) is 5.32 Å². The lowest BCUT2D eigenvalue weighted by Gasteiger charge is -2.19. The van der Waals surface area contributed by atoms with Crippen LogP contribution in [0.25, 0.3) is 0 Å². The number of carbonyl (C=O) groups excluding carboxylic acids is 1. The molecule has 3 unspecified atom stereocenters. The second kappa shape index (κ2) is 7.19. The van der Waals surface area contributed by atoms with E-state index in [4.69, 9.17) is 14.6 Å². The number of nitrogens with one attached hydrogen (secondary N) is 1. The number of ether oxygens (including phenoxy) is 2. The van der Waals surface area contributed by atoms with Crippen LogP contribution in [0, 0.1) is 0 Å². The molecule has 0 saturated carbocycles.